The first-order valence-corrected chi connectivity index (χ1v) is 1.39. The van der Waals surface area contributed by atoms with Crippen LogP contribution in [0.3, 0.4) is 0 Å². The van der Waals surface area contributed by atoms with E-state index >= 15 is 0 Å². The standard InChI is InChI=1S/C2H7N4/c1-5-6-2(3)4/h5H,1H2,(H4,3,4,6). The first-order valence-electron chi connectivity index (χ1n) is 1.39. The summed E-state index contributed by atoms with van der Waals surface area (Å²) >= 11 is 0. The number of nitrogens with one attached hydrogen (secondary N) is 3. The molecule has 0 amide bonds. The molecule has 0 spiro atoms. The van der Waals surface area contributed by atoms with E-state index in [4.69, 9.17) is 11.1 Å². The van der Waals surface area contributed by atoms with Gasteiger partial charge in [0.2, 0.25) is 0 Å². The molecule has 0 bridgehead atoms. The first kappa shape index (κ1) is 5.23. The second-order valence-corrected chi connectivity index (χ2v) is 0.715. The van der Waals surface area contributed by atoms with E-state index in [9.17, 15) is 0 Å². The highest BCUT2D eigenvalue weighted by atomic mass is 15.4. The topological polar surface area (TPSA) is 73.9 Å². The van der Waals surface area contributed by atoms with Crippen LogP contribution in [0.2, 0.25) is 0 Å². The van der Waals surface area contributed by atoms with Crippen LogP contribution in [0, 0.1) is 12.5 Å². The molecule has 0 aromatic rings. The summed E-state index contributed by atoms with van der Waals surface area (Å²) in [7, 11) is 3.14. The molecule has 0 saturated carbocycles. The van der Waals surface area contributed by atoms with Gasteiger partial charge < -0.3 is 5.73 Å². The van der Waals surface area contributed by atoms with Crippen molar-refractivity contribution >= 4 is 5.96 Å². The van der Waals surface area contributed by atoms with Crippen LogP contribution in [-0.4, -0.2) is 5.96 Å². The molecule has 0 fully saturated rings. The van der Waals surface area contributed by atoms with Crippen LogP contribution in [0.15, 0.2) is 0 Å². The largest absolute Gasteiger partial charge is 0.369 e. The highest BCUT2D eigenvalue weighted by Gasteiger charge is 1.72. The number of guanidine groups is 1. The van der Waals surface area contributed by atoms with Crippen molar-refractivity contribution in [2.45, 2.75) is 0 Å². The molecule has 0 unspecified atom stereocenters. The third kappa shape index (κ3) is 3.23. The fourth-order valence-electron chi connectivity index (χ4n) is 0.0952. The van der Waals surface area contributed by atoms with Crippen LogP contribution in [0.25, 0.3) is 0 Å². The van der Waals surface area contributed by atoms with Gasteiger partial charge in [0.25, 0.3) is 0 Å². The molecule has 5 N–H and O–H groups in total. The van der Waals surface area contributed by atoms with Crippen molar-refractivity contribution in [3.8, 4) is 0 Å². The Morgan fingerprint density at radius 2 is 2.33 bits per heavy atom. The van der Waals surface area contributed by atoms with Gasteiger partial charge in [0, 0.05) is 7.05 Å². The summed E-state index contributed by atoms with van der Waals surface area (Å²) in [6.45, 7) is 0. The number of hydrazine groups is 1. The van der Waals surface area contributed by atoms with Crippen molar-refractivity contribution in [1.82, 2.24) is 10.9 Å². The molecule has 0 aliphatic carbocycles. The Balaban J connectivity index is 2.83. The number of hydrogen-bond donors (Lipinski definition) is 4. The molecule has 0 rings (SSSR count). The lowest BCUT2D eigenvalue weighted by atomic mass is 11.1. The molecule has 35 valence electrons. The van der Waals surface area contributed by atoms with Crippen LogP contribution < -0.4 is 16.6 Å². The third-order valence-electron chi connectivity index (χ3n) is 0.223. The second-order valence-electron chi connectivity index (χ2n) is 0.715. The molecule has 6 heavy (non-hydrogen) atoms. The molecular formula is C2H7N4. The van der Waals surface area contributed by atoms with Crippen LogP contribution in [0.4, 0.5) is 0 Å². The van der Waals surface area contributed by atoms with Gasteiger partial charge in [-0.05, 0) is 0 Å². The van der Waals surface area contributed by atoms with Gasteiger partial charge in [0.1, 0.15) is 0 Å². The van der Waals surface area contributed by atoms with Gasteiger partial charge in [0.05, 0.1) is 0 Å². The van der Waals surface area contributed by atoms with Gasteiger partial charge in [-0.1, -0.05) is 0 Å². The molecule has 1 radical (unpaired) electrons. The smallest absolute Gasteiger partial charge is 0.200 e. The van der Waals surface area contributed by atoms with Crippen molar-refractivity contribution in [2.24, 2.45) is 5.73 Å². The van der Waals surface area contributed by atoms with E-state index in [0.29, 0.717) is 0 Å². The van der Waals surface area contributed by atoms with Crippen molar-refractivity contribution in [3.05, 3.63) is 7.05 Å². The summed E-state index contributed by atoms with van der Waals surface area (Å²) in [6.07, 6.45) is 0. The maximum absolute atomic E-state index is 6.46. The Kier molecular flexibility index (Phi) is 2.15. The number of rotatable bonds is 1. The van der Waals surface area contributed by atoms with E-state index in [1.54, 1.807) is 0 Å². The Labute approximate surface area is 36.2 Å². The Bertz CT molecular complexity index is 49.5. The first-order chi connectivity index (χ1) is 2.77. The average molecular weight is 87.1 g/mol. The maximum Gasteiger partial charge on any atom is 0.200 e. The summed E-state index contributed by atoms with van der Waals surface area (Å²) in [4.78, 5) is 0. The van der Waals surface area contributed by atoms with Gasteiger partial charge >= 0.3 is 0 Å². The minimum Gasteiger partial charge on any atom is -0.369 e. The number of hydrogen-bond acceptors (Lipinski definition) is 2. The average Bonchev–Trinajstić information content (AvgIpc) is 1.35. The third-order valence-corrected chi connectivity index (χ3v) is 0.223. The Morgan fingerprint density at radius 3 is 2.33 bits per heavy atom. The Hall–Kier alpha value is -0.770. The quantitative estimate of drug-likeness (QED) is 0.184. The maximum atomic E-state index is 6.46. The molecular weight excluding hydrogens is 80.1 g/mol. The summed E-state index contributed by atoms with van der Waals surface area (Å²) in [5, 5.41) is 6.46. The molecule has 0 atom stereocenters. The highest BCUT2D eigenvalue weighted by Crippen LogP contribution is 1.34. The zero-order valence-electron chi connectivity index (χ0n) is 3.28. The van der Waals surface area contributed by atoms with Gasteiger partial charge in [-0.25, -0.2) is 5.43 Å². The van der Waals surface area contributed by atoms with E-state index in [1.165, 1.54) is 0 Å². The van der Waals surface area contributed by atoms with Crippen LogP contribution in [0.5, 0.6) is 0 Å². The zero-order valence-corrected chi connectivity index (χ0v) is 3.28. The predicted octanol–water partition coefficient (Wildman–Crippen LogP) is -1.23. The lowest BCUT2D eigenvalue weighted by Crippen LogP contribution is -2.37. The van der Waals surface area contributed by atoms with E-state index in [2.05, 4.69) is 17.9 Å². The van der Waals surface area contributed by atoms with Gasteiger partial charge in [-0.3, -0.25) is 10.8 Å². The van der Waals surface area contributed by atoms with Crippen molar-refractivity contribution in [1.29, 1.82) is 5.41 Å². The van der Waals surface area contributed by atoms with Crippen LogP contribution in [0.1, 0.15) is 0 Å². The lowest BCUT2D eigenvalue weighted by Gasteiger charge is -1.94. The van der Waals surface area contributed by atoms with Gasteiger partial charge in [0.15, 0.2) is 5.96 Å². The second kappa shape index (κ2) is 2.47. The summed E-state index contributed by atoms with van der Waals surface area (Å²) in [5.74, 6) is -0.134. The lowest BCUT2D eigenvalue weighted by molar-refractivity contribution is 0.802. The summed E-state index contributed by atoms with van der Waals surface area (Å²) in [5.41, 5.74) is 9.20. The van der Waals surface area contributed by atoms with Crippen LogP contribution in [-0.2, 0) is 0 Å². The molecule has 0 saturated heterocycles. The molecule has 0 heterocycles. The van der Waals surface area contributed by atoms with E-state index in [-0.39, 0.29) is 5.96 Å². The predicted molar refractivity (Wildman–Crippen MR) is 23.5 cm³/mol. The Morgan fingerprint density at radius 1 is 1.83 bits per heavy atom. The normalized spacial score (nSPS) is 7.50. The van der Waals surface area contributed by atoms with Crippen molar-refractivity contribution < 1.29 is 0 Å². The highest BCUT2D eigenvalue weighted by molar-refractivity contribution is 5.73. The summed E-state index contributed by atoms with van der Waals surface area (Å²) in [6, 6.07) is 0. The van der Waals surface area contributed by atoms with Gasteiger partial charge in [-0.15, -0.1) is 0 Å². The van der Waals surface area contributed by atoms with E-state index < -0.39 is 0 Å². The summed E-state index contributed by atoms with van der Waals surface area (Å²) < 4.78 is 0. The molecule has 0 aromatic heterocycles. The molecule has 0 aliphatic rings. The van der Waals surface area contributed by atoms with E-state index in [0.717, 1.165) is 0 Å². The minimum absolute atomic E-state index is 0.134. The van der Waals surface area contributed by atoms with Crippen molar-refractivity contribution in [2.75, 3.05) is 0 Å². The SMILES string of the molecule is [CH2]NNC(=N)N. The fourth-order valence-corrected chi connectivity index (χ4v) is 0.0952. The monoisotopic (exact) mass is 87.1 g/mol. The minimum atomic E-state index is -0.134. The molecule has 0 aromatic carbocycles. The fraction of sp³-hybridized carbons (Fsp3) is 0. The molecule has 0 aliphatic heterocycles. The van der Waals surface area contributed by atoms with Crippen molar-refractivity contribution in [3.63, 3.8) is 0 Å². The zero-order chi connectivity index (χ0) is 4.99. The van der Waals surface area contributed by atoms with E-state index in [1.807, 2.05) is 0 Å². The number of nitrogens with two attached hydrogens (primary N) is 1. The molecule has 4 nitrogen and oxygen atoms in total. The van der Waals surface area contributed by atoms with Crippen LogP contribution >= 0.6 is 0 Å². The van der Waals surface area contributed by atoms with Gasteiger partial charge in [-0.2, -0.15) is 0 Å². The molecule has 4 heteroatoms.